The molecule has 2 aliphatic rings. The molecule has 1 aliphatic heterocycles. The Kier molecular flexibility index (Phi) is 3.90. The molecule has 0 spiro atoms. The molecule has 1 heterocycles. The first-order valence-corrected chi connectivity index (χ1v) is 8.28. The fourth-order valence-electron chi connectivity index (χ4n) is 3.24. The van der Waals surface area contributed by atoms with Crippen molar-refractivity contribution in [2.45, 2.75) is 62.7 Å². The van der Waals surface area contributed by atoms with Crippen LogP contribution in [0.5, 0.6) is 0 Å². The van der Waals surface area contributed by atoms with Crippen molar-refractivity contribution in [3.63, 3.8) is 0 Å². The first-order chi connectivity index (χ1) is 7.59. The number of rotatable bonds is 3. The molecule has 0 bridgehead atoms. The third-order valence-electron chi connectivity index (χ3n) is 4.19. The molecule has 2 atom stereocenters. The summed E-state index contributed by atoms with van der Waals surface area (Å²) in [5.74, 6) is 1.04. The monoisotopic (exact) mass is 245 g/mol. The van der Waals surface area contributed by atoms with E-state index in [1.807, 2.05) is 0 Å². The van der Waals surface area contributed by atoms with Crippen LogP contribution in [0.25, 0.3) is 0 Å². The Morgan fingerprint density at radius 2 is 1.69 bits per heavy atom. The maximum atomic E-state index is 11.9. The van der Waals surface area contributed by atoms with Gasteiger partial charge < -0.3 is 5.73 Å². The highest BCUT2D eigenvalue weighted by atomic mass is 32.2. The van der Waals surface area contributed by atoms with Gasteiger partial charge in [-0.2, -0.15) is 0 Å². The van der Waals surface area contributed by atoms with Crippen molar-refractivity contribution in [3.05, 3.63) is 0 Å². The van der Waals surface area contributed by atoms with E-state index in [0.29, 0.717) is 11.7 Å². The smallest absolute Gasteiger partial charge is 0.154 e. The molecule has 2 rings (SSSR count). The zero-order chi connectivity index (χ0) is 11.6. The standard InChI is InChI=1S/C12H23NO2S/c13-11(9-10-5-1-2-6-10)12-7-3-4-8-16(12,14)15/h10-12H,1-9,13H2. The van der Waals surface area contributed by atoms with Gasteiger partial charge in [0.25, 0.3) is 0 Å². The van der Waals surface area contributed by atoms with Gasteiger partial charge in [0.1, 0.15) is 0 Å². The molecule has 1 aliphatic carbocycles. The Morgan fingerprint density at radius 3 is 2.31 bits per heavy atom. The van der Waals surface area contributed by atoms with Gasteiger partial charge >= 0.3 is 0 Å². The van der Waals surface area contributed by atoms with Crippen LogP contribution >= 0.6 is 0 Å². The first-order valence-electron chi connectivity index (χ1n) is 6.57. The molecular weight excluding hydrogens is 222 g/mol. The summed E-state index contributed by atoms with van der Waals surface area (Å²) in [5, 5.41) is -0.248. The maximum absolute atomic E-state index is 11.9. The molecular formula is C12H23NO2S. The fourth-order valence-corrected chi connectivity index (χ4v) is 5.32. The van der Waals surface area contributed by atoms with Crippen molar-refractivity contribution in [2.75, 3.05) is 5.75 Å². The van der Waals surface area contributed by atoms with Crippen LogP contribution in [0.4, 0.5) is 0 Å². The Bertz CT molecular complexity index is 320. The zero-order valence-corrected chi connectivity index (χ0v) is 10.7. The van der Waals surface area contributed by atoms with E-state index in [9.17, 15) is 8.42 Å². The number of hydrogen-bond acceptors (Lipinski definition) is 3. The molecule has 0 aromatic rings. The van der Waals surface area contributed by atoms with Crippen LogP contribution in [0, 0.1) is 5.92 Å². The molecule has 1 saturated heterocycles. The summed E-state index contributed by atoms with van der Waals surface area (Å²) in [6.07, 6.45) is 8.67. The lowest BCUT2D eigenvalue weighted by Crippen LogP contribution is -2.44. The largest absolute Gasteiger partial charge is 0.327 e. The third-order valence-corrected chi connectivity index (χ3v) is 6.55. The van der Waals surface area contributed by atoms with Crippen molar-refractivity contribution < 1.29 is 8.42 Å². The van der Waals surface area contributed by atoms with E-state index in [4.69, 9.17) is 5.73 Å². The van der Waals surface area contributed by atoms with Gasteiger partial charge in [-0.3, -0.25) is 0 Å². The SMILES string of the molecule is NC(CC1CCCC1)C1CCCCS1(=O)=O. The number of hydrogen-bond donors (Lipinski definition) is 1. The lowest BCUT2D eigenvalue weighted by Gasteiger charge is -2.29. The highest BCUT2D eigenvalue weighted by molar-refractivity contribution is 7.92. The Hall–Kier alpha value is -0.0900. The van der Waals surface area contributed by atoms with Crippen LogP contribution in [0.15, 0.2) is 0 Å². The predicted octanol–water partition coefficient (Wildman–Crippen LogP) is 1.86. The van der Waals surface area contributed by atoms with Gasteiger partial charge in [-0.1, -0.05) is 32.1 Å². The number of nitrogens with two attached hydrogens (primary N) is 1. The van der Waals surface area contributed by atoms with E-state index < -0.39 is 9.84 Å². The van der Waals surface area contributed by atoms with Crippen molar-refractivity contribution in [2.24, 2.45) is 11.7 Å². The quantitative estimate of drug-likeness (QED) is 0.825. The average Bonchev–Trinajstić information content (AvgIpc) is 2.69. The molecule has 2 fully saturated rings. The molecule has 16 heavy (non-hydrogen) atoms. The molecule has 0 aromatic heterocycles. The van der Waals surface area contributed by atoms with E-state index in [-0.39, 0.29) is 11.3 Å². The first kappa shape index (κ1) is 12.4. The summed E-state index contributed by atoms with van der Waals surface area (Å²) in [6, 6.07) is -0.117. The van der Waals surface area contributed by atoms with Gasteiger partial charge in [-0.15, -0.1) is 0 Å². The highest BCUT2D eigenvalue weighted by Crippen LogP contribution is 2.31. The normalized spacial score (nSPS) is 32.7. The summed E-state index contributed by atoms with van der Waals surface area (Å²) >= 11 is 0. The van der Waals surface area contributed by atoms with Crippen LogP contribution in [-0.4, -0.2) is 25.5 Å². The van der Waals surface area contributed by atoms with E-state index in [2.05, 4.69) is 0 Å². The van der Waals surface area contributed by atoms with Crippen molar-refractivity contribution in [1.29, 1.82) is 0 Å². The van der Waals surface area contributed by atoms with Crippen molar-refractivity contribution >= 4 is 9.84 Å². The molecule has 94 valence electrons. The summed E-state index contributed by atoms with van der Waals surface area (Å²) in [4.78, 5) is 0. The minimum atomic E-state index is -2.89. The van der Waals surface area contributed by atoms with Gasteiger partial charge in [0, 0.05) is 6.04 Å². The fraction of sp³-hybridized carbons (Fsp3) is 1.00. The Labute approximate surface area is 98.7 Å². The van der Waals surface area contributed by atoms with Gasteiger partial charge in [0.05, 0.1) is 11.0 Å². The van der Waals surface area contributed by atoms with Crippen LogP contribution in [0.1, 0.15) is 51.4 Å². The summed E-state index contributed by atoms with van der Waals surface area (Å²) in [5.41, 5.74) is 6.12. The average molecular weight is 245 g/mol. The summed E-state index contributed by atoms with van der Waals surface area (Å²) in [6.45, 7) is 0. The van der Waals surface area contributed by atoms with Gasteiger partial charge in [-0.05, 0) is 25.2 Å². The molecule has 0 amide bonds. The van der Waals surface area contributed by atoms with Gasteiger partial charge in [0.2, 0.25) is 0 Å². The second-order valence-electron chi connectivity index (χ2n) is 5.45. The molecule has 0 radical (unpaired) electrons. The van der Waals surface area contributed by atoms with Crippen molar-refractivity contribution in [1.82, 2.24) is 0 Å². The van der Waals surface area contributed by atoms with Crippen LogP contribution in [-0.2, 0) is 9.84 Å². The van der Waals surface area contributed by atoms with E-state index in [0.717, 1.165) is 25.7 Å². The van der Waals surface area contributed by atoms with E-state index in [1.54, 1.807) is 0 Å². The molecule has 1 saturated carbocycles. The Balaban J connectivity index is 1.94. The minimum Gasteiger partial charge on any atom is -0.327 e. The second-order valence-corrected chi connectivity index (χ2v) is 7.79. The van der Waals surface area contributed by atoms with Crippen molar-refractivity contribution in [3.8, 4) is 0 Å². The lowest BCUT2D eigenvalue weighted by atomic mass is 9.95. The summed E-state index contributed by atoms with van der Waals surface area (Å²) < 4.78 is 23.8. The zero-order valence-electron chi connectivity index (χ0n) is 9.90. The maximum Gasteiger partial charge on any atom is 0.154 e. The Morgan fingerprint density at radius 1 is 1.06 bits per heavy atom. The highest BCUT2D eigenvalue weighted by Gasteiger charge is 2.34. The molecule has 0 aromatic carbocycles. The number of sulfone groups is 1. The third kappa shape index (κ3) is 2.77. The minimum absolute atomic E-state index is 0.117. The second kappa shape index (κ2) is 5.05. The molecule has 4 heteroatoms. The molecule has 2 N–H and O–H groups in total. The summed E-state index contributed by atoms with van der Waals surface area (Å²) in [7, 11) is -2.89. The molecule has 3 nitrogen and oxygen atoms in total. The van der Waals surface area contributed by atoms with E-state index in [1.165, 1.54) is 25.7 Å². The van der Waals surface area contributed by atoms with Crippen LogP contribution in [0.2, 0.25) is 0 Å². The van der Waals surface area contributed by atoms with E-state index >= 15 is 0 Å². The van der Waals surface area contributed by atoms with Crippen LogP contribution < -0.4 is 5.73 Å². The molecule has 2 unspecified atom stereocenters. The van der Waals surface area contributed by atoms with Crippen LogP contribution in [0.3, 0.4) is 0 Å². The van der Waals surface area contributed by atoms with Gasteiger partial charge in [-0.25, -0.2) is 8.42 Å². The lowest BCUT2D eigenvalue weighted by molar-refractivity contribution is 0.406. The predicted molar refractivity (Wildman–Crippen MR) is 66.0 cm³/mol. The van der Waals surface area contributed by atoms with Gasteiger partial charge in [0.15, 0.2) is 9.84 Å². The topological polar surface area (TPSA) is 60.2 Å².